The number of aromatic amines is 1. The van der Waals surface area contributed by atoms with E-state index in [1.165, 1.54) is 6.42 Å². The van der Waals surface area contributed by atoms with Crippen molar-refractivity contribution in [1.82, 2.24) is 19.9 Å². The Bertz CT molecular complexity index is 1150. The first-order valence-electron chi connectivity index (χ1n) is 11.3. The minimum atomic E-state index is -0.551. The maximum absolute atomic E-state index is 12.6. The predicted octanol–water partition coefficient (Wildman–Crippen LogP) is 2.44. The van der Waals surface area contributed by atoms with Crippen LogP contribution in [0.4, 0.5) is 5.82 Å². The Morgan fingerprint density at radius 1 is 1.03 bits per heavy atom. The average Bonchev–Trinajstić information content (AvgIpc) is 3.21. The molecule has 3 aromatic rings. The molecule has 2 aliphatic rings. The largest absolute Gasteiger partial charge is 0.493 e. The highest BCUT2D eigenvalue weighted by atomic mass is 16.5. The van der Waals surface area contributed by atoms with E-state index >= 15 is 0 Å². The van der Waals surface area contributed by atoms with E-state index < -0.39 is 5.54 Å². The second kappa shape index (κ2) is 8.12. The highest BCUT2D eigenvalue weighted by Gasteiger charge is 2.45. The van der Waals surface area contributed by atoms with Crippen molar-refractivity contribution in [3.05, 3.63) is 18.5 Å². The monoisotopic (exact) mass is 438 g/mol. The molecule has 0 atom stereocenters. The van der Waals surface area contributed by atoms with Gasteiger partial charge < -0.3 is 25.1 Å². The molecule has 2 saturated heterocycles. The molecule has 0 spiro atoms. The molecular weight excluding hydrogens is 408 g/mol. The zero-order chi connectivity index (χ0) is 22.3. The van der Waals surface area contributed by atoms with Crippen molar-refractivity contribution in [3.63, 3.8) is 0 Å². The molecule has 0 saturated carbocycles. The Labute approximate surface area is 186 Å². The summed E-state index contributed by atoms with van der Waals surface area (Å²) in [6.07, 6.45) is 6.50. The molecule has 2 fully saturated rings. The van der Waals surface area contributed by atoms with Crippen LogP contribution in [-0.2, 0) is 4.79 Å². The first-order chi connectivity index (χ1) is 15.6. The number of carbonyl (C=O) groups is 1. The Morgan fingerprint density at radius 3 is 2.38 bits per heavy atom. The third-order valence-corrected chi connectivity index (χ3v) is 7.18. The number of rotatable bonds is 5. The summed E-state index contributed by atoms with van der Waals surface area (Å²) in [6, 6.07) is 3.86. The molecule has 3 N–H and O–H groups in total. The molecule has 5 rings (SSSR count). The predicted molar refractivity (Wildman–Crippen MR) is 123 cm³/mol. The summed E-state index contributed by atoms with van der Waals surface area (Å²) in [5.41, 5.74) is 8.04. The quantitative estimate of drug-likeness (QED) is 0.630. The van der Waals surface area contributed by atoms with Crippen LogP contribution in [0.15, 0.2) is 18.5 Å². The lowest BCUT2D eigenvalue weighted by Gasteiger charge is -2.48. The van der Waals surface area contributed by atoms with Crippen molar-refractivity contribution >= 4 is 33.7 Å². The van der Waals surface area contributed by atoms with Gasteiger partial charge in [-0.3, -0.25) is 9.69 Å². The van der Waals surface area contributed by atoms with Gasteiger partial charge in [-0.05, 0) is 44.8 Å². The number of hydrogen-bond donors (Lipinski definition) is 2. The van der Waals surface area contributed by atoms with Crippen molar-refractivity contribution < 1.29 is 14.3 Å². The molecule has 2 aromatic heterocycles. The normalized spacial score (nSPS) is 19.4. The zero-order valence-electron chi connectivity index (χ0n) is 18.7. The molecule has 1 amide bonds. The summed E-state index contributed by atoms with van der Waals surface area (Å²) in [4.78, 5) is 29.8. The maximum atomic E-state index is 12.6. The summed E-state index contributed by atoms with van der Waals surface area (Å²) in [5.74, 6) is 1.97. The highest BCUT2D eigenvalue weighted by molar-refractivity contribution is 6.09. The first kappa shape index (κ1) is 20.8. The average molecular weight is 439 g/mol. The number of nitrogens with one attached hydrogen (secondary N) is 1. The summed E-state index contributed by atoms with van der Waals surface area (Å²) >= 11 is 0. The van der Waals surface area contributed by atoms with E-state index in [2.05, 4.69) is 24.8 Å². The minimum Gasteiger partial charge on any atom is -0.493 e. The molecule has 0 aliphatic carbocycles. The van der Waals surface area contributed by atoms with Gasteiger partial charge in [0, 0.05) is 24.5 Å². The van der Waals surface area contributed by atoms with E-state index in [1.807, 2.05) is 12.1 Å². The summed E-state index contributed by atoms with van der Waals surface area (Å²) in [7, 11) is 3.25. The van der Waals surface area contributed by atoms with Crippen LogP contribution >= 0.6 is 0 Å². The number of likely N-dealkylation sites (tertiary alicyclic amines) is 1. The number of carbonyl (C=O) groups excluding carboxylic acids is 1. The van der Waals surface area contributed by atoms with Crippen LogP contribution in [0.5, 0.6) is 11.5 Å². The SMILES string of the molecule is COc1cc2[nH]c3c(N4CCC(C(N)=O)(N5CCCCC5)CC4)ncnc3c2cc1OC. The van der Waals surface area contributed by atoms with E-state index in [-0.39, 0.29) is 5.91 Å². The Balaban J connectivity index is 1.48. The minimum absolute atomic E-state index is 0.198. The van der Waals surface area contributed by atoms with Crippen LogP contribution in [0.25, 0.3) is 21.9 Å². The van der Waals surface area contributed by atoms with Gasteiger partial charge in [-0.15, -0.1) is 0 Å². The van der Waals surface area contributed by atoms with E-state index in [0.29, 0.717) is 37.4 Å². The number of methoxy groups -OCH3 is 2. The number of hydrogen-bond acceptors (Lipinski definition) is 7. The van der Waals surface area contributed by atoms with E-state index in [0.717, 1.165) is 53.7 Å². The third-order valence-electron chi connectivity index (χ3n) is 7.18. The maximum Gasteiger partial charge on any atom is 0.238 e. The van der Waals surface area contributed by atoms with Crippen LogP contribution in [0.2, 0.25) is 0 Å². The molecule has 1 aromatic carbocycles. The number of nitrogens with two attached hydrogens (primary N) is 1. The number of anilines is 1. The summed E-state index contributed by atoms with van der Waals surface area (Å²) in [6.45, 7) is 3.33. The molecule has 4 heterocycles. The van der Waals surface area contributed by atoms with Crippen LogP contribution in [0.3, 0.4) is 0 Å². The van der Waals surface area contributed by atoms with Gasteiger partial charge in [0.15, 0.2) is 17.3 Å². The van der Waals surface area contributed by atoms with Crippen LogP contribution in [0, 0.1) is 0 Å². The molecule has 9 nitrogen and oxygen atoms in total. The third kappa shape index (κ3) is 3.23. The van der Waals surface area contributed by atoms with Gasteiger partial charge in [-0.25, -0.2) is 9.97 Å². The lowest BCUT2D eigenvalue weighted by atomic mass is 9.83. The number of amides is 1. The number of benzene rings is 1. The molecule has 0 bridgehead atoms. The molecule has 0 unspecified atom stereocenters. The van der Waals surface area contributed by atoms with E-state index in [4.69, 9.17) is 15.2 Å². The van der Waals surface area contributed by atoms with Gasteiger partial charge in [-0.1, -0.05) is 6.42 Å². The van der Waals surface area contributed by atoms with Crippen molar-refractivity contribution in [1.29, 1.82) is 0 Å². The fourth-order valence-electron chi connectivity index (χ4n) is 5.38. The first-order valence-corrected chi connectivity index (χ1v) is 11.3. The molecule has 2 aliphatic heterocycles. The summed E-state index contributed by atoms with van der Waals surface area (Å²) < 4.78 is 10.9. The fourth-order valence-corrected chi connectivity index (χ4v) is 5.38. The second-order valence-electron chi connectivity index (χ2n) is 8.73. The van der Waals surface area contributed by atoms with Gasteiger partial charge in [0.2, 0.25) is 5.91 Å². The fraction of sp³-hybridized carbons (Fsp3) is 0.522. The Hall–Kier alpha value is -3.07. The van der Waals surface area contributed by atoms with E-state index in [9.17, 15) is 4.79 Å². The van der Waals surface area contributed by atoms with Gasteiger partial charge in [0.25, 0.3) is 0 Å². The highest BCUT2D eigenvalue weighted by Crippen LogP contribution is 2.38. The van der Waals surface area contributed by atoms with Crippen molar-refractivity contribution in [2.45, 2.75) is 37.6 Å². The van der Waals surface area contributed by atoms with Crippen LogP contribution < -0.4 is 20.1 Å². The van der Waals surface area contributed by atoms with Gasteiger partial charge in [0.05, 0.1) is 19.7 Å². The van der Waals surface area contributed by atoms with Gasteiger partial charge >= 0.3 is 0 Å². The number of H-pyrrole nitrogens is 1. The molecule has 9 heteroatoms. The van der Waals surface area contributed by atoms with Crippen LogP contribution in [-0.4, -0.2) is 71.7 Å². The number of fused-ring (bicyclic) bond motifs is 3. The van der Waals surface area contributed by atoms with Crippen molar-refractivity contribution in [3.8, 4) is 11.5 Å². The number of aromatic nitrogens is 3. The Kier molecular flexibility index (Phi) is 5.28. The topological polar surface area (TPSA) is 110 Å². The number of primary amides is 1. The van der Waals surface area contributed by atoms with Crippen LogP contribution in [0.1, 0.15) is 32.1 Å². The molecule has 32 heavy (non-hydrogen) atoms. The number of nitrogens with zero attached hydrogens (tertiary/aromatic N) is 4. The smallest absolute Gasteiger partial charge is 0.238 e. The van der Waals surface area contributed by atoms with Gasteiger partial charge in [0.1, 0.15) is 22.9 Å². The molecule has 170 valence electrons. The Morgan fingerprint density at radius 2 is 1.72 bits per heavy atom. The summed E-state index contributed by atoms with van der Waals surface area (Å²) in [5, 5.41) is 0.957. The second-order valence-corrected chi connectivity index (χ2v) is 8.73. The van der Waals surface area contributed by atoms with Crippen molar-refractivity contribution in [2.24, 2.45) is 5.73 Å². The lowest BCUT2D eigenvalue weighted by Crippen LogP contribution is -2.63. The zero-order valence-corrected chi connectivity index (χ0v) is 18.7. The van der Waals surface area contributed by atoms with Crippen molar-refractivity contribution in [2.75, 3.05) is 45.3 Å². The number of ether oxygens (including phenoxy) is 2. The molecule has 0 radical (unpaired) electrons. The molecular formula is C23H30N6O3. The number of piperidine rings is 2. The standard InChI is InChI=1S/C23H30N6O3/c1-31-17-12-15-16(13-18(17)32-2)27-20-19(15)25-14-26-21(20)28-10-6-23(7-11-28,22(24)30)29-8-4-3-5-9-29/h12-14,27H,3-11H2,1-2H3,(H2,24,30). The van der Waals surface area contributed by atoms with Gasteiger partial charge in [-0.2, -0.15) is 0 Å². The van der Waals surface area contributed by atoms with E-state index in [1.54, 1.807) is 20.5 Å². The lowest BCUT2D eigenvalue weighted by molar-refractivity contribution is -0.132.